The number of carbonyl (C=O) groups excluding carboxylic acids is 1. The first kappa shape index (κ1) is 29.3. The lowest BCUT2D eigenvalue weighted by atomic mass is 10.0. The molecular formula is C17H25F9O4S2. The SMILES string of the molecule is CC(C)S(CC(=O)C1CCCC1)(OS(=O)(=O)C(F)(F)C(F)(F)C(F)(F)C(F)(F)F)C(C)C. The molecule has 0 N–H and O–H groups in total. The third-order valence-corrected chi connectivity index (χ3v) is 12.0. The molecule has 15 heteroatoms. The molecular weight excluding hydrogens is 503 g/mol. The van der Waals surface area contributed by atoms with Crippen molar-refractivity contribution in [1.82, 2.24) is 0 Å². The lowest BCUT2D eigenvalue weighted by Crippen LogP contribution is -2.63. The zero-order valence-electron chi connectivity index (χ0n) is 17.6. The van der Waals surface area contributed by atoms with Crippen LogP contribution < -0.4 is 0 Å². The van der Waals surface area contributed by atoms with E-state index in [9.17, 15) is 52.7 Å². The van der Waals surface area contributed by atoms with Crippen LogP contribution in [0.4, 0.5) is 39.5 Å². The van der Waals surface area contributed by atoms with Crippen LogP contribution in [0, 0.1) is 5.92 Å². The number of hydrogen-bond donors (Lipinski definition) is 0. The van der Waals surface area contributed by atoms with Gasteiger partial charge in [-0.05, 0) is 12.8 Å². The lowest BCUT2D eigenvalue weighted by Gasteiger charge is -2.46. The zero-order valence-corrected chi connectivity index (χ0v) is 19.3. The molecule has 0 heterocycles. The van der Waals surface area contributed by atoms with E-state index in [1.54, 1.807) is 0 Å². The molecule has 1 saturated carbocycles. The predicted octanol–water partition coefficient (Wildman–Crippen LogP) is 6.05. The second-order valence-corrected chi connectivity index (χ2v) is 13.9. The minimum Gasteiger partial charge on any atom is -0.298 e. The molecule has 0 aromatic heterocycles. The van der Waals surface area contributed by atoms with Crippen LogP contribution >= 0.6 is 10.3 Å². The van der Waals surface area contributed by atoms with E-state index in [0.29, 0.717) is 25.7 Å². The van der Waals surface area contributed by atoms with Crippen molar-refractivity contribution < 1.29 is 56.4 Å². The largest absolute Gasteiger partial charge is 0.460 e. The Hall–Kier alpha value is -0.700. The fourth-order valence-corrected chi connectivity index (χ4v) is 9.38. The Balaban J connectivity index is 3.49. The van der Waals surface area contributed by atoms with Crippen LogP contribution in [0.3, 0.4) is 0 Å². The third kappa shape index (κ3) is 4.89. The summed E-state index contributed by atoms with van der Waals surface area (Å²) in [6, 6.07) is 0. The molecule has 0 amide bonds. The van der Waals surface area contributed by atoms with E-state index in [1.165, 1.54) is 27.7 Å². The quantitative estimate of drug-likeness (QED) is 0.324. The van der Waals surface area contributed by atoms with Gasteiger partial charge in [0.25, 0.3) is 0 Å². The third-order valence-electron chi connectivity index (χ3n) is 5.42. The first-order chi connectivity index (χ1) is 14.1. The highest BCUT2D eigenvalue weighted by atomic mass is 32.3. The summed E-state index contributed by atoms with van der Waals surface area (Å²) in [5.41, 5.74) is 0. The summed E-state index contributed by atoms with van der Waals surface area (Å²) in [6.07, 6.45) is -4.95. The topological polar surface area (TPSA) is 60.4 Å². The molecule has 0 aliphatic heterocycles. The van der Waals surface area contributed by atoms with E-state index in [0.717, 1.165) is 0 Å². The smallest absolute Gasteiger partial charge is 0.298 e. The molecule has 0 unspecified atom stereocenters. The van der Waals surface area contributed by atoms with Gasteiger partial charge in [0.15, 0.2) is 0 Å². The summed E-state index contributed by atoms with van der Waals surface area (Å²) in [5, 5.41) is -8.98. The van der Waals surface area contributed by atoms with Gasteiger partial charge in [0.05, 0.1) is 5.75 Å². The van der Waals surface area contributed by atoms with Crippen LogP contribution in [-0.2, 0) is 18.5 Å². The molecule has 0 aromatic rings. The fourth-order valence-electron chi connectivity index (χ4n) is 3.37. The van der Waals surface area contributed by atoms with Gasteiger partial charge in [-0.1, -0.05) is 40.5 Å². The van der Waals surface area contributed by atoms with E-state index >= 15 is 0 Å². The Morgan fingerprint density at radius 1 is 0.844 bits per heavy atom. The van der Waals surface area contributed by atoms with E-state index in [1.807, 2.05) is 0 Å². The first-order valence-electron chi connectivity index (χ1n) is 9.55. The van der Waals surface area contributed by atoms with Crippen molar-refractivity contribution in [2.24, 2.45) is 5.92 Å². The van der Waals surface area contributed by atoms with Crippen LogP contribution in [0.15, 0.2) is 0 Å². The first-order valence-corrected chi connectivity index (χ1v) is 12.8. The molecule has 1 rings (SSSR count). The fraction of sp³-hybridized carbons (Fsp3) is 0.941. The second-order valence-electron chi connectivity index (χ2n) is 8.15. The van der Waals surface area contributed by atoms with Crippen LogP contribution in [0.25, 0.3) is 0 Å². The molecule has 192 valence electrons. The van der Waals surface area contributed by atoms with E-state index in [-0.39, 0.29) is 0 Å². The average Bonchev–Trinajstić information content (AvgIpc) is 3.13. The Kier molecular flexibility index (Phi) is 8.39. The molecule has 0 atom stereocenters. The van der Waals surface area contributed by atoms with Crippen molar-refractivity contribution in [2.45, 2.75) is 87.2 Å². The average molecular weight is 528 g/mol. The lowest BCUT2D eigenvalue weighted by molar-refractivity contribution is -0.382. The summed E-state index contributed by atoms with van der Waals surface area (Å²) in [5.74, 6) is -16.6. The van der Waals surface area contributed by atoms with E-state index in [2.05, 4.69) is 3.63 Å². The number of Topliss-reactive ketones (excluding diaryl/α,β-unsaturated/α-hetero) is 1. The highest BCUT2D eigenvalue weighted by Crippen LogP contribution is 2.63. The van der Waals surface area contributed by atoms with E-state index < -0.39 is 71.7 Å². The molecule has 1 aliphatic carbocycles. The standard InChI is InChI=1S/C17H25F9O4S2/c1-10(2)31(11(3)4,9-13(27)12-7-5-6-8-12)30-32(28,29)17(25,26)15(20,21)14(18,19)16(22,23)24/h10-12H,5-9H2,1-4H3. The van der Waals surface area contributed by atoms with Crippen molar-refractivity contribution in [1.29, 1.82) is 0 Å². The Bertz CT molecular complexity index is 778. The van der Waals surface area contributed by atoms with Crippen molar-refractivity contribution in [2.75, 3.05) is 5.75 Å². The number of hydrogen-bond acceptors (Lipinski definition) is 4. The highest BCUT2D eigenvalue weighted by molar-refractivity contribution is 8.34. The molecule has 0 radical (unpaired) electrons. The molecule has 0 bridgehead atoms. The Labute approximate surface area is 181 Å². The van der Waals surface area contributed by atoms with Gasteiger partial charge >= 0.3 is 33.4 Å². The molecule has 1 fully saturated rings. The number of alkyl halides is 9. The van der Waals surface area contributed by atoms with Gasteiger partial charge in [0, 0.05) is 16.4 Å². The molecule has 0 spiro atoms. The monoisotopic (exact) mass is 528 g/mol. The maximum Gasteiger partial charge on any atom is 0.460 e. The summed E-state index contributed by atoms with van der Waals surface area (Å²) in [7, 11) is -10.6. The van der Waals surface area contributed by atoms with Gasteiger partial charge in [-0.3, -0.25) is 4.79 Å². The Morgan fingerprint density at radius 3 is 1.59 bits per heavy atom. The van der Waals surface area contributed by atoms with Crippen molar-refractivity contribution >= 4 is 26.2 Å². The van der Waals surface area contributed by atoms with Gasteiger partial charge in [-0.15, -0.1) is 10.3 Å². The van der Waals surface area contributed by atoms with Crippen LogP contribution in [-0.4, -0.2) is 53.7 Å². The normalized spacial score (nSPS) is 18.6. The van der Waals surface area contributed by atoms with Crippen LogP contribution in [0.5, 0.6) is 0 Å². The minimum absolute atomic E-state index is 0.434. The molecule has 0 aromatic carbocycles. The second kappa shape index (κ2) is 9.16. The predicted molar refractivity (Wildman–Crippen MR) is 101 cm³/mol. The number of rotatable bonds is 10. The number of ketones is 1. The maximum absolute atomic E-state index is 14.2. The van der Waals surface area contributed by atoms with Gasteiger partial charge in [0.2, 0.25) is 0 Å². The van der Waals surface area contributed by atoms with E-state index in [4.69, 9.17) is 0 Å². The van der Waals surface area contributed by atoms with Crippen molar-refractivity contribution in [3.05, 3.63) is 0 Å². The number of halogens is 9. The Morgan fingerprint density at radius 2 is 1.25 bits per heavy atom. The highest BCUT2D eigenvalue weighted by Gasteiger charge is 2.86. The summed E-state index contributed by atoms with van der Waals surface area (Å²) < 4.78 is 148. The molecule has 32 heavy (non-hydrogen) atoms. The summed E-state index contributed by atoms with van der Waals surface area (Å²) in [6.45, 7) is 5.03. The van der Waals surface area contributed by atoms with Gasteiger partial charge in [0.1, 0.15) is 5.78 Å². The van der Waals surface area contributed by atoms with Gasteiger partial charge in [-0.25, -0.2) is 3.63 Å². The summed E-state index contributed by atoms with van der Waals surface area (Å²) >= 11 is 0. The van der Waals surface area contributed by atoms with Crippen molar-refractivity contribution in [3.8, 4) is 0 Å². The summed E-state index contributed by atoms with van der Waals surface area (Å²) in [4.78, 5) is 12.6. The molecule has 1 aliphatic rings. The number of carbonyl (C=O) groups is 1. The van der Waals surface area contributed by atoms with Crippen LogP contribution in [0.1, 0.15) is 53.4 Å². The van der Waals surface area contributed by atoms with Gasteiger partial charge in [-0.2, -0.15) is 47.9 Å². The zero-order chi connectivity index (χ0) is 25.6. The minimum atomic E-state index is -7.38. The maximum atomic E-state index is 14.2. The van der Waals surface area contributed by atoms with Crippen LogP contribution in [0.2, 0.25) is 0 Å². The molecule has 4 nitrogen and oxygen atoms in total. The van der Waals surface area contributed by atoms with Crippen molar-refractivity contribution in [3.63, 3.8) is 0 Å². The molecule has 0 saturated heterocycles. The van der Waals surface area contributed by atoms with Gasteiger partial charge < -0.3 is 0 Å².